The van der Waals surface area contributed by atoms with Crippen molar-refractivity contribution in [2.24, 2.45) is 0 Å². The number of nitrogens with zero attached hydrogens (tertiary/aromatic N) is 3. The van der Waals surface area contributed by atoms with Crippen LogP contribution in [0.15, 0.2) is 58.9 Å². The van der Waals surface area contributed by atoms with Crippen molar-refractivity contribution in [2.75, 3.05) is 4.90 Å². The second-order valence-electron chi connectivity index (χ2n) is 5.87. The fourth-order valence-electron chi connectivity index (χ4n) is 2.70. The lowest BCUT2D eigenvalue weighted by atomic mass is 10.2. The van der Waals surface area contributed by atoms with Crippen molar-refractivity contribution < 1.29 is 14.3 Å². The first-order valence-corrected chi connectivity index (χ1v) is 9.96. The number of carbonyl (C=O) groups is 2. The number of aryl methyl sites for hydroxylation is 1. The molecule has 1 unspecified atom stereocenters. The lowest BCUT2D eigenvalue weighted by Crippen LogP contribution is -2.31. The molecule has 1 aliphatic heterocycles. The summed E-state index contributed by atoms with van der Waals surface area (Å²) < 4.78 is 6.45. The summed E-state index contributed by atoms with van der Waals surface area (Å²) in [5, 5.41) is 8.33. The normalized spacial score (nSPS) is 16.8. The maximum Gasteiger partial charge on any atom is 0.247 e. The van der Waals surface area contributed by atoms with Gasteiger partial charge in [0.05, 0.1) is 5.69 Å². The number of hydrogen-bond donors (Lipinski definition) is 0. The van der Waals surface area contributed by atoms with E-state index in [2.05, 4.69) is 10.2 Å². The highest BCUT2D eigenvalue weighted by molar-refractivity contribution is 8.02. The molecule has 6 nitrogen and oxygen atoms in total. The molecule has 0 N–H and O–H groups in total. The summed E-state index contributed by atoms with van der Waals surface area (Å²) in [6, 6.07) is 16.3. The molecule has 2 heterocycles. The van der Waals surface area contributed by atoms with Crippen molar-refractivity contribution in [1.29, 1.82) is 0 Å². The fourth-order valence-corrected chi connectivity index (χ4v) is 4.79. The van der Waals surface area contributed by atoms with Gasteiger partial charge in [0.25, 0.3) is 0 Å². The highest BCUT2D eigenvalue weighted by Crippen LogP contribution is 2.35. The number of hydrogen-bond acceptors (Lipinski definition) is 7. The van der Waals surface area contributed by atoms with E-state index in [0.29, 0.717) is 15.8 Å². The number of ether oxygens (including phenoxy) is 1. The summed E-state index contributed by atoms with van der Waals surface area (Å²) in [5.74, 6) is 0.923. The van der Waals surface area contributed by atoms with E-state index < -0.39 is 5.25 Å². The van der Waals surface area contributed by atoms with Crippen LogP contribution in [-0.2, 0) is 9.59 Å². The molecule has 3 aromatic rings. The van der Waals surface area contributed by atoms with Crippen LogP contribution in [0.4, 0.5) is 5.69 Å². The number of rotatable bonds is 5. The third-order valence-electron chi connectivity index (χ3n) is 3.93. The first-order valence-electron chi connectivity index (χ1n) is 8.27. The van der Waals surface area contributed by atoms with Crippen LogP contribution >= 0.6 is 23.1 Å². The van der Waals surface area contributed by atoms with E-state index in [4.69, 9.17) is 4.74 Å². The number of thioether (sulfide) groups is 1. The monoisotopic (exact) mass is 397 g/mol. The average Bonchev–Trinajstić information content (AvgIpc) is 3.20. The van der Waals surface area contributed by atoms with E-state index in [-0.39, 0.29) is 18.2 Å². The van der Waals surface area contributed by atoms with Crippen LogP contribution in [-0.4, -0.2) is 27.3 Å². The molecule has 4 rings (SSSR count). The van der Waals surface area contributed by atoms with Crippen molar-refractivity contribution in [3.8, 4) is 11.5 Å². The maximum absolute atomic E-state index is 12.7. The zero-order valence-electron chi connectivity index (χ0n) is 14.4. The number of amides is 2. The number of imide groups is 1. The lowest BCUT2D eigenvalue weighted by Gasteiger charge is -2.15. The van der Waals surface area contributed by atoms with E-state index >= 15 is 0 Å². The van der Waals surface area contributed by atoms with Crippen LogP contribution in [0.25, 0.3) is 0 Å². The van der Waals surface area contributed by atoms with Gasteiger partial charge in [-0.05, 0) is 43.3 Å². The Morgan fingerprint density at radius 3 is 2.41 bits per heavy atom. The van der Waals surface area contributed by atoms with Crippen molar-refractivity contribution >= 4 is 40.6 Å². The molecule has 0 radical (unpaired) electrons. The molecule has 0 bridgehead atoms. The molecule has 1 atom stereocenters. The average molecular weight is 397 g/mol. The van der Waals surface area contributed by atoms with Gasteiger partial charge in [-0.3, -0.25) is 9.59 Å². The summed E-state index contributed by atoms with van der Waals surface area (Å²) in [4.78, 5) is 26.3. The maximum atomic E-state index is 12.7. The molecule has 2 aromatic carbocycles. The molecule has 1 aliphatic rings. The number of para-hydroxylation sites is 1. The first-order chi connectivity index (χ1) is 13.1. The minimum Gasteiger partial charge on any atom is -0.457 e. The highest BCUT2D eigenvalue weighted by atomic mass is 32.2. The SMILES string of the molecule is Cc1nnc(SC2CC(=O)N(c3ccc(Oc4ccccc4)cc3)C2=O)s1. The molecule has 27 heavy (non-hydrogen) atoms. The Labute approximate surface area is 164 Å². The molecule has 1 fully saturated rings. The second kappa shape index (κ2) is 7.50. The van der Waals surface area contributed by atoms with Gasteiger partial charge in [-0.2, -0.15) is 0 Å². The van der Waals surface area contributed by atoms with Gasteiger partial charge >= 0.3 is 0 Å². The van der Waals surface area contributed by atoms with E-state index in [0.717, 1.165) is 10.8 Å². The Kier molecular flexibility index (Phi) is 4.91. The Morgan fingerprint density at radius 1 is 1.04 bits per heavy atom. The van der Waals surface area contributed by atoms with Gasteiger partial charge in [-0.25, -0.2) is 4.90 Å². The lowest BCUT2D eigenvalue weighted by molar-refractivity contribution is -0.121. The summed E-state index contributed by atoms with van der Waals surface area (Å²) >= 11 is 2.72. The molecule has 1 saturated heterocycles. The molecule has 0 spiro atoms. The van der Waals surface area contributed by atoms with Gasteiger partial charge in [0.15, 0.2) is 4.34 Å². The van der Waals surface area contributed by atoms with Gasteiger partial charge in [0.1, 0.15) is 21.8 Å². The van der Waals surface area contributed by atoms with Crippen LogP contribution in [0, 0.1) is 6.92 Å². The van der Waals surface area contributed by atoms with Crippen LogP contribution in [0.1, 0.15) is 11.4 Å². The molecule has 0 aliphatic carbocycles. The van der Waals surface area contributed by atoms with Gasteiger partial charge in [0, 0.05) is 6.42 Å². The van der Waals surface area contributed by atoms with E-state index in [1.54, 1.807) is 24.3 Å². The first kappa shape index (κ1) is 17.7. The van der Waals surface area contributed by atoms with Gasteiger partial charge in [-0.15, -0.1) is 10.2 Å². The molecule has 0 saturated carbocycles. The molecule has 8 heteroatoms. The van der Waals surface area contributed by atoms with Crippen molar-refractivity contribution in [3.63, 3.8) is 0 Å². The van der Waals surface area contributed by atoms with Crippen LogP contribution < -0.4 is 9.64 Å². The van der Waals surface area contributed by atoms with Gasteiger partial charge < -0.3 is 4.74 Å². The Morgan fingerprint density at radius 2 is 1.74 bits per heavy atom. The Bertz CT molecular complexity index is 973. The summed E-state index contributed by atoms with van der Waals surface area (Å²) in [6.45, 7) is 1.86. The Balaban J connectivity index is 1.47. The zero-order chi connectivity index (χ0) is 18.8. The molecule has 1 aromatic heterocycles. The third-order valence-corrected chi connectivity index (χ3v) is 6.04. The number of benzene rings is 2. The second-order valence-corrected chi connectivity index (χ2v) is 8.51. The highest BCUT2D eigenvalue weighted by Gasteiger charge is 2.40. The molecular formula is C19H15N3O3S2. The van der Waals surface area contributed by atoms with Crippen molar-refractivity contribution in [1.82, 2.24) is 10.2 Å². The van der Waals surface area contributed by atoms with Crippen molar-refractivity contribution in [2.45, 2.75) is 22.9 Å². The van der Waals surface area contributed by atoms with Gasteiger partial charge in [-0.1, -0.05) is 41.3 Å². The minimum absolute atomic E-state index is 0.157. The summed E-state index contributed by atoms with van der Waals surface area (Å²) in [7, 11) is 0. The topological polar surface area (TPSA) is 72.4 Å². The largest absolute Gasteiger partial charge is 0.457 e. The van der Waals surface area contributed by atoms with E-state index in [1.165, 1.54) is 28.0 Å². The summed E-state index contributed by atoms with van der Waals surface area (Å²) in [5.41, 5.74) is 0.543. The minimum atomic E-state index is -0.468. The van der Waals surface area contributed by atoms with Crippen LogP contribution in [0.3, 0.4) is 0 Å². The number of aromatic nitrogens is 2. The van der Waals surface area contributed by atoms with Crippen molar-refractivity contribution in [3.05, 3.63) is 59.6 Å². The van der Waals surface area contributed by atoms with Crippen LogP contribution in [0.2, 0.25) is 0 Å². The predicted octanol–water partition coefficient (Wildman–Crippen LogP) is 4.06. The molecular weight excluding hydrogens is 382 g/mol. The quantitative estimate of drug-likeness (QED) is 0.605. The smallest absolute Gasteiger partial charge is 0.247 e. The van der Waals surface area contributed by atoms with Gasteiger partial charge in [0.2, 0.25) is 11.8 Å². The molecule has 136 valence electrons. The van der Waals surface area contributed by atoms with Crippen LogP contribution in [0.5, 0.6) is 11.5 Å². The van der Waals surface area contributed by atoms with E-state index in [9.17, 15) is 9.59 Å². The number of carbonyl (C=O) groups excluding carboxylic acids is 2. The number of anilines is 1. The molecule has 2 amide bonds. The van der Waals surface area contributed by atoms with E-state index in [1.807, 2.05) is 37.3 Å². The Hall–Kier alpha value is -2.71. The predicted molar refractivity (Wildman–Crippen MR) is 104 cm³/mol. The zero-order valence-corrected chi connectivity index (χ0v) is 16.0. The summed E-state index contributed by atoms with van der Waals surface area (Å²) in [6.07, 6.45) is 0.157. The standard InChI is InChI=1S/C19H15N3O3S2/c1-12-20-21-19(26-12)27-16-11-17(23)22(18(16)24)13-7-9-15(10-8-13)25-14-5-3-2-4-6-14/h2-10,16H,11H2,1H3. The third kappa shape index (κ3) is 3.86. The fraction of sp³-hybridized carbons (Fsp3) is 0.158.